The van der Waals surface area contributed by atoms with E-state index in [0.717, 1.165) is 0 Å². The molecule has 0 saturated carbocycles. The Morgan fingerprint density at radius 3 is 2.43 bits per heavy atom. The zero-order valence-electron chi connectivity index (χ0n) is 12.2. The summed E-state index contributed by atoms with van der Waals surface area (Å²) in [6.45, 7) is 2.07. The number of amides is 1. The number of quaternary nitrogens is 1. The fourth-order valence-corrected chi connectivity index (χ4v) is 2.88. The number of carbonyl (C=O) groups excluding carboxylic acids is 1. The molecule has 3 N–H and O–H groups in total. The van der Waals surface area contributed by atoms with Crippen LogP contribution in [0.2, 0.25) is 15.1 Å². The van der Waals surface area contributed by atoms with Crippen molar-refractivity contribution >= 4 is 46.4 Å². The highest BCUT2D eigenvalue weighted by atomic mass is 35.5. The van der Waals surface area contributed by atoms with Gasteiger partial charge in [0.1, 0.15) is 12.4 Å². The van der Waals surface area contributed by atoms with E-state index in [1.54, 1.807) is 30.4 Å². The van der Waals surface area contributed by atoms with E-state index < -0.39 is 6.04 Å². The minimum atomic E-state index is -0.447. The summed E-state index contributed by atoms with van der Waals surface area (Å²) >= 11 is 17.9. The standard InChI is InChI=1S/C16H14Cl3FN2O/c1-9(21-8-10-4-2-3-5-14(10)20)16(23)22-15-12(18)6-11(17)7-13(15)19/h2-7,9,21H,8H2,1H3,(H,22,23)/p+1/t9-/m0/s1. The molecule has 0 aliphatic heterocycles. The maximum atomic E-state index is 13.6. The number of hydrogen-bond donors (Lipinski definition) is 2. The topological polar surface area (TPSA) is 45.7 Å². The zero-order chi connectivity index (χ0) is 17.0. The summed E-state index contributed by atoms with van der Waals surface area (Å²) in [4.78, 5) is 12.2. The molecule has 0 fully saturated rings. The lowest BCUT2D eigenvalue weighted by atomic mass is 10.2. The molecule has 1 atom stereocenters. The molecule has 0 aliphatic rings. The third kappa shape index (κ3) is 4.82. The third-order valence-electron chi connectivity index (χ3n) is 3.32. The van der Waals surface area contributed by atoms with Crippen molar-refractivity contribution in [3.63, 3.8) is 0 Å². The summed E-state index contributed by atoms with van der Waals surface area (Å²) in [5.74, 6) is -0.576. The van der Waals surface area contributed by atoms with Gasteiger partial charge in [-0.2, -0.15) is 0 Å². The first-order valence-corrected chi connectivity index (χ1v) is 8.04. The van der Waals surface area contributed by atoms with Crippen LogP contribution < -0.4 is 10.6 Å². The molecule has 0 saturated heterocycles. The lowest BCUT2D eigenvalue weighted by molar-refractivity contribution is -0.688. The summed E-state index contributed by atoms with van der Waals surface area (Å²) in [6, 6.07) is 9.00. The van der Waals surface area contributed by atoms with Gasteiger partial charge in [-0.25, -0.2) is 4.39 Å². The van der Waals surface area contributed by atoms with Crippen molar-refractivity contribution < 1.29 is 14.5 Å². The van der Waals surface area contributed by atoms with Crippen molar-refractivity contribution in [3.8, 4) is 0 Å². The number of nitrogens with two attached hydrogens (primary N) is 1. The van der Waals surface area contributed by atoms with Gasteiger partial charge >= 0.3 is 0 Å². The first-order chi connectivity index (χ1) is 10.9. The number of hydrogen-bond acceptors (Lipinski definition) is 1. The van der Waals surface area contributed by atoms with Gasteiger partial charge in [0.25, 0.3) is 5.91 Å². The predicted octanol–water partition coefficient (Wildman–Crippen LogP) is 3.88. The van der Waals surface area contributed by atoms with Crippen LogP contribution in [0.4, 0.5) is 10.1 Å². The van der Waals surface area contributed by atoms with Crippen LogP contribution >= 0.6 is 34.8 Å². The smallest absolute Gasteiger partial charge is 0.282 e. The van der Waals surface area contributed by atoms with E-state index in [4.69, 9.17) is 34.8 Å². The van der Waals surface area contributed by atoms with Crippen molar-refractivity contribution in [1.29, 1.82) is 0 Å². The van der Waals surface area contributed by atoms with Crippen molar-refractivity contribution in [2.24, 2.45) is 0 Å². The van der Waals surface area contributed by atoms with Crippen molar-refractivity contribution in [2.45, 2.75) is 19.5 Å². The van der Waals surface area contributed by atoms with Gasteiger partial charge in [0.2, 0.25) is 0 Å². The molecule has 2 aromatic rings. The molecular formula is C16H15Cl3FN2O+. The van der Waals surface area contributed by atoms with Crippen LogP contribution in [-0.2, 0) is 11.3 Å². The summed E-state index contributed by atoms with van der Waals surface area (Å²) in [6.07, 6.45) is 0. The summed E-state index contributed by atoms with van der Waals surface area (Å²) < 4.78 is 13.6. The molecule has 0 radical (unpaired) electrons. The fraction of sp³-hybridized carbons (Fsp3) is 0.188. The molecule has 0 aliphatic carbocycles. The minimum Gasteiger partial charge on any atom is -0.332 e. The van der Waals surface area contributed by atoms with Gasteiger partial charge in [-0.3, -0.25) is 4.79 Å². The van der Waals surface area contributed by atoms with Crippen LogP contribution in [0.25, 0.3) is 0 Å². The van der Waals surface area contributed by atoms with Crippen LogP contribution in [-0.4, -0.2) is 11.9 Å². The van der Waals surface area contributed by atoms with E-state index in [1.165, 1.54) is 18.2 Å². The van der Waals surface area contributed by atoms with Gasteiger partial charge in [-0.15, -0.1) is 0 Å². The highest BCUT2D eigenvalue weighted by molar-refractivity contribution is 6.42. The van der Waals surface area contributed by atoms with Crippen molar-refractivity contribution in [1.82, 2.24) is 0 Å². The largest absolute Gasteiger partial charge is 0.332 e. The molecule has 23 heavy (non-hydrogen) atoms. The highest BCUT2D eigenvalue weighted by Gasteiger charge is 2.19. The van der Waals surface area contributed by atoms with Gasteiger partial charge in [0.15, 0.2) is 6.04 Å². The molecule has 0 unspecified atom stereocenters. The third-order valence-corrected chi connectivity index (χ3v) is 4.13. The Kier molecular flexibility index (Phi) is 6.25. The van der Waals surface area contributed by atoms with Crippen LogP contribution in [0, 0.1) is 5.82 Å². The van der Waals surface area contributed by atoms with E-state index in [0.29, 0.717) is 22.8 Å². The normalized spacial score (nSPS) is 12.0. The highest BCUT2D eigenvalue weighted by Crippen LogP contribution is 2.33. The molecular weight excluding hydrogens is 362 g/mol. The quantitative estimate of drug-likeness (QED) is 0.817. The molecule has 7 heteroatoms. The lowest BCUT2D eigenvalue weighted by Crippen LogP contribution is -2.90. The Balaban J connectivity index is 1.99. The van der Waals surface area contributed by atoms with Crippen LogP contribution in [0.15, 0.2) is 36.4 Å². The number of carbonyl (C=O) groups is 1. The van der Waals surface area contributed by atoms with Crippen molar-refractivity contribution in [3.05, 3.63) is 62.8 Å². The molecule has 1 amide bonds. The van der Waals surface area contributed by atoms with E-state index >= 15 is 0 Å². The Morgan fingerprint density at radius 1 is 1.22 bits per heavy atom. The Bertz CT molecular complexity index is 701. The molecule has 0 bridgehead atoms. The second-order valence-corrected chi connectivity index (χ2v) is 6.30. The summed E-state index contributed by atoms with van der Waals surface area (Å²) in [7, 11) is 0. The summed E-state index contributed by atoms with van der Waals surface area (Å²) in [5.41, 5.74) is 0.851. The SMILES string of the molecule is C[C@H]([NH2+]Cc1ccccc1F)C(=O)Nc1c(Cl)cc(Cl)cc1Cl. The van der Waals surface area contributed by atoms with Crippen LogP contribution in [0.3, 0.4) is 0 Å². The Morgan fingerprint density at radius 2 is 1.83 bits per heavy atom. The molecule has 0 heterocycles. The van der Waals surface area contributed by atoms with Crippen LogP contribution in [0.5, 0.6) is 0 Å². The molecule has 2 aromatic carbocycles. The zero-order valence-corrected chi connectivity index (χ0v) is 14.5. The molecule has 0 spiro atoms. The fourth-order valence-electron chi connectivity index (χ4n) is 1.97. The average Bonchev–Trinajstić information content (AvgIpc) is 2.49. The lowest BCUT2D eigenvalue weighted by Gasteiger charge is -2.14. The number of nitrogens with one attached hydrogen (secondary N) is 1. The Labute approximate surface area is 148 Å². The second-order valence-electron chi connectivity index (χ2n) is 5.05. The van der Waals surface area contributed by atoms with Gasteiger partial charge in [0, 0.05) is 10.6 Å². The van der Waals surface area contributed by atoms with E-state index in [2.05, 4.69) is 5.32 Å². The predicted molar refractivity (Wildman–Crippen MR) is 91.6 cm³/mol. The van der Waals surface area contributed by atoms with Gasteiger partial charge in [-0.05, 0) is 25.1 Å². The number of anilines is 1. The number of halogens is 4. The molecule has 2 rings (SSSR count). The molecule has 3 nitrogen and oxygen atoms in total. The number of rotatable bonds is 5. The maximum absolute atomic E-state index is 13.6. The van der Waals surface area contributed by atoms with E-state index in [9.17, 15) is 9.18 Å². The second kappa shape index (κ2) is 7.97. The Hall–Kier alpha value is -1.33. The first-order valence-electron chi connectivity index (χ1n) is 6.90. The van der Waals surface area contributed by atoms with E-state index in [-0.39, 0.29) is 21.8 Å². The summed E-state index contributed by atoms with van der Waals surface area (Å²) in [5, 5.41) is 5.31. The van der Waals surface area contributed by atoms with E-state index in [1.807, 2.05) is 0 Å². The van der Waals surface area contributed by atoms with Crippen molar-refractivity contribution in [2.75, 3.05) is 5.32 Å². The first kappa shape index (κ1) is 18.0. The monoisotopic (exact) mass is 375 g/mol. The molecule has 0 aromatic heterocycles. The van der Waals surface area contributed by atoms with Gasteiger partial charge < -0.3 is 10.6 Å². The van der Waals surface area contributed by atoms with Gasteiger partial charge in [-0.1, -0.05) is 53.0 Å². The molecule has 122 valence electrons. The minimum absolute atomic E-state index is 0.261. The average molecular weight is 377 g/mol. The maximum Gasteiger partial charge on any atom is 0.282 e. The van der Waals surface area contributed by atoms with Gasteiger partial charge in [0.05, 0.1) is 15.7 Å². The number of benzene rings is 2. The van der Waals surface area contributed by atoms with Crippen LogP contribution in [0.1, 0.15) is 12.5 Å².